The van der Waals surface area contributed by atoms with Crippen LogP contribution in [0.25, 0.3) is 0 Å². The van der Waals surface area contributed by atoms with Crippen LogP contribution in [0.3, 0.4) is 0 Å². The van der Waals surface area contributed by atoms with Crippen LogP contribution >= 0.6 is 11.8 Å². The zero-order valence-electron chi connectivity index (χ0n) is 10.1. The molecule has 0 aromatic carbocycles. The number of amidine groups is 1. The van der Waals surface area contributed by atoms with Crippen molar-refractivity contribution in [2.45, 2.75) is 51.9 Å². The molecule has 0 spiro atoms. The molecule has 0 saturated heterocycles. The fraction of sp³-hybridized carbons (Fsp3) is 0.909. The van der Waals surface area contributed by atoms with Gasteiger partial charge in [-0.2, -0.15) is 0 Å². The van der Waals surface area contributed by atoms with Gasteiger partial charge in [-0.3, -0.25) is 4.99 Å². The number of nitrogens with zero attached hydrogens (tertiary/aromatic N) is 1. The lowest BCUT2D eigenvalue weighted by molar-refractivity contribution is 0.285. The molecule has 15 heavy (non-hydrogen) atoms. The highest BCUT2D eigenvalue weighted by Gasteiger charge is 2.03. The van der Waals surface area contributed by atoms with Crippen molar-refractivity contribution < 1.29 is 5.11 Å². The lowest BCUT2D eigenvalue weighted by Gasteiger charge is -2.10. The topological polar surface area (TPSA) is 44.6 Å². The highest BCUT2D eigenvalue weighted by Crippen LogP contribution is 2.08. The van der Waals surface area contributed by atoms with E-state index in [0.29, 0.717) is 0 Å². The minimum atomic E-state index is -0.389. The highest BCUT2D eigenvalue weighted by atomic mass is 32.2. The number of thioether (sulfide) groups is 1. The maximum atomic E-state index is 9.28. The molecule has 0 fully saturated rings. The Labute approximate surface area is 97.8 Å². The SMILES string of the molecule is CCCCN=C(NCCCC)SC(C)O. The van der Waals surface area contributed by atoms with Gasteiger partial charge in [0.15, 0.2) is 5.17 Å². The Morgan fingerprint density at radius 1 is 1.33 bits per heavy atom. The minimum Gasteiger partial charge on any atom is -0.382 e. The third-order valence-corrected chi connectivity index (χ3v) is 2.69. The van der Waals surface area contributed by atoms with Gasteiger partial charge in [0, 0.05) is 13.1 Å². The third kappa shape index (κ3) is 10.1. The molecule has 90 valence electrons. The lowest BCUT2D eigenvalue weighted by Crippen LogP contribution is -2.23. The van der Waals surface area contributed by atoms with Gasteiger partial charge in [0.25, 0.3) is 0 Å². The summed E-state index contributed by atoms with van der Waals surface area (Å²) in [6, 6.07) is 0. The van der Waals surface area contributed by atoms with Crippen LogP contribution in [-0.2, 0) is 0 Å². The van der Waals surface area contributed by atoms with Gasteiger partial charge >= 0.3 is 0 Å². The van der Waals surface area contributed by atoms with Crippen LogP contribution in [-0.4, -0.2) is 28.8 Å². The van der Waals surface area contributed by atoms with E-state index >= 15 is 0 Å². The summed E-state index contributed by atoms with van der Waals surface area (Å²) in [5, 5.41) is 13.4. The van der Waals surface area contributed by atoms with Crippen molar-refractivity contribution in [3.05, 3.63) is 0 Å². The summed E-state index contributed by atoms with van der Waals surface area (Å²) in [6.07, 6.45) is 4.59. The van der Waals surface area contributed by atoms with E-state index in [9.17, 15) is 5.11 Å². The van der Waals surface area contributed by atoms with E-state index in [1.54, 1.807) is 6.92 Å². The van der Waals surface area contributed by atoms with E-state index in [-0.39, 0.29) is 5.44 Å². The molecule has 4 heteroatoms. The minimum absolute atomic E-state index is 0.389. The molecule has 0 saturated carbocycles. The number of hydrogen-bond donors (Lipinski definition) is 2. The van der Waals surface area contributed by atoms with Crippen molar-refractivity contribution in [1.82, 2.24) is 5.32 Å². The normalized spacial score (nSPS) is 14.0. The zero-order chi connectivity index (χ0) is 11.5. The number of rotatable bonds is 7. The molecule has 0 radical (unpaired) electrons. The lowest BCUT2D eigenvalue weighted by atomic mass is 10.3. The molecule has 0 aliphatic rings. The van der Waals surface area contributed by atoms with Crippen molar-refractivity contribution in [2.24, 2.45) is 4.99 Å². The monoisotopic (exact) mass is 232 g/mol. The van der Waals surface area contributed by atoms with Crippen LogP contribution in [0.5, 0.6) is 0 Å². The average molecular weight is 232 g/mol. The summed E-state index contributed by atoms with van der Waals surface area (Å²) >= 11 is 1.39. The molecule has 1 unspecified atom stereocenters. The van der Waals surface area contributed by atoms with Gasteiger partial charge < -0.3 is 10.4 Å². The van der Waals surface area contributed by atoms with Crippen LogP contribution in [0.4, 0.5) is 0 Å². The largest absolute Gasteiger partial charge is 0.382 e. The summed E-state index contributed by atoms with van der Waals surface area (Å²) < 4.78 is 0. The van der Waals surface area contributed by atoms with Gasteiger partial charge in [0.2, 0.25) is 0 Å². The predicted molar refractivity (Wildman–Crippen MR) is 69.4 cm³/mol. The molecule has 1 atom stereocenters. The third-order valence-electron chi connectivity index (χ3n) is 1.86. The average Bonchev–Trinajstić information content (AvgIpc) is 2.17. The summed E-state index contributed by atoms with van der Waals surface area (Å²) in [7, 11) is 0. The maximum absolute atomic E-state index is 9.28. The molecular formula is C11H24N2OS. The fourth-order valence-electron chi connectivity index (χ4n) is 1.01. The summed E-state index contributed by atoms with van der Waals surface area (Å²) in [6.45, 7) is 7.88. The smallest absolute Gasteiger partial charge is 0.159 e. The number of hydrogen-bond acceptors (Lipinski definition) is 3. The van der Waals surface area contributed by atoms with E-state index < -0.39 is 0 Å². The van der Waals surface area contributed by atoms with Crippen LogP contribution in [0, 0.1) is 0 Å². The second kappa shape index (κ2) is 10.3. The number of aliphatic imine (C=N–C) groups is 1. The van der Waals surface area contributed by atoms with Crippen molar-refractivity contribution in [1.29, 1.82) is 0 Å². The van der Waals surface area contributed by atoms with Crippen molar-refractivity contribution >= 4 is 16.9 Å². The molecule has 0 aromatic rings. The van der Waals surface area contributed by atoms with Gasteiger partial charge in [0.1, 0.15) is 5.44 Å². The quantitative estimate of drug-likeness (QED) is 0.307. The molecule has 3 nitrogen and oxygen atoms in total. The van der Waals surface area contributed by atoms with Crippen LogP contribution < -0.4 is 5.32 Å². The first-order valence-corrected chi connectivity index (χ1v) is 6.71. The Kier molecular flexibility index (Phi) is 10.2. The van der Waals surface area contributed by atoms with E-state index in [1.807, 2.05) is 0 Å². The number of aliphatic hydroxyl groups is 1. The summed E-state index contributed by atoms with van der Waals surface area (Å²) in [5.41, 5.74) is -0.389. The van der Waals surface area contributed by atoms with Crippen molar-refractivity contribution in [3.63, 3.8) is 0 Å². The van der Waals surface area contributed by atoms with Gasteiger partial charge in [-0.15, -0.1) is 0 Å². The van der Waals surface area contributed by atoms with E-state index in [1.165, 1.54) is 18.2 Å². The van der Waals surface area contributed by atoms with Crippen molar-refractivity contribution in [3.8, 4) is 0 Å². The van der Waals surface area contributed by atoms with Crippen LogP contribution in [0.1, 0.15) is 46.5 Å². The second-order valence-electron chi connectivity index (χ2n) is 3.54. The first-order chi connectivity index (χ1) is 7.20. The first kappa shape index (κ1) is 14.8. The Hall–Kier alpha value is -0.220. The Morgan fingerprint density at radius 2 is 2.00 bits per heavy atom. The Morgan fingerprint density at radius 3 is 2.53 bits per heavy atom. The predicted octanol–water partition coefficient (Wildman–Crippen LogP) is 2.60. The van der Waals surface area contributed by atoms with E-state index in [0.717, 1.165) is 37.5 Å². The standard InChI is InChI=1S/C11H24N2OS/c1-4-6-8-12-11(15-10(3)14)13-9-7-5-2/h10,14H,4-9H2,1-3H3,(H,12,13). The van der Waals surface area contributed by atoms with E-state index in [4.69, 9.17) is 0 Å². The molecule has 2 N–H and O–H groups in total. The zero-order valence-corrected chi connectivity index (χ0v) is 10.9. The highest BCUT2D eigenvalue weighted by molar-refractivity contribution is 8.14. The van der Waals surface area contributed by atoms with Crippen LogP contribution in [0.2, 0.25) is 0 Å². The second-order valence-corrected chi connectivity index (χ2v) is 4.84. The molecular weight excluding hydrogens is 208 g/mol. The van der Waals surface area contributed by atoms with Gasteiger partial charge in [-0.05, 0) is 19.8 Å². The summed E-state index contributed by atoms with van der Waals surface area (Å²) in [4.78, 5) is 4.43. The number of unbranched alkanes of at least 4 members (excludes halogenated alkanes) is 2. The Balaban J connectivity index is 3.88. The van der Waals surface area contributed by atoms with Gasteiger partial charge in [0.05, 0.1) is 0 Å². The van der Waals surface area contributed by atoms with E-state index in [2.05, 4.69) is 24.2 Å². The summed E-state index contributed by atoms with van der Waals surface area (Å²) in [5.74, 6) is 0. The van der Waals surface area contributed by atoms with Gasteiger partial charge in [-0.1, -0.05) is 38.5 Å². The molecule has 0 aromatic heterocycles. The molecule has 0 rings (SSSR count). The van der Waals surface area contributed by atoms with Gasteiger partial charge in [-0.25, -0.2) is 0 Å². The fourth-order valence-corrected chi connectivity index (χ4v) is 1.68. The molecule has 0 aliphatic heterocycles. The maximum Gasteiger partial charge on any atom is 0.159 e. The number of nitrogens with one attached hydrogen (secondary N) is 1. The Bertz CT molecular complexity index is 172. The van der Waals surface area contributed by atoms with Crippen molar-refractivity contribution in [2.75, 3.05) is 13.1 Å². The molecule has 0 amide bonds. The first-order valence-electron chi connectivity index (χ1n) is 5.83. The number of aliphatic hydroxyl groups excluding tert-OH is 1. The molecule has 0 heterocycles. The van der Waals surface area contributed by atoms with Crippen LogP contribution in [0.15, 0.2) is 4.99 Å². The molecule has 0 aliphatic carbocycles. The molecule has 0 bridgehead atoms.